The first-order chi connectivity index (χ1) is 8.78. The maximum atomic E-state index is 11.0. The lowest BCUT2D eigenvalue weighted by molar-refractivity contribution is -0.134. The van der Waals surface area contributed by atoms with Gasteiger partial charge in [0.1, 0.15) is 0 Å². The number of methoxy groups -OCH3 is 1. The van der Waals surface area contributed by atoms with Crippen molar-refractivity contribution in [3.8, 4) is 0 Å². The van der Waals surface area contributed by atoms with E-state index < -0.39 is 0 Å². The molecule has 0 amide bonds. The Hall–Kier alpha value is -2.29. The van der Waals surface area contributed by atoms with Crippen molar-refractivity contribution in [2.24, 2.45) is 0 Å². The molecule has 1 aromatic heterocycles. The van der Waals surface area contributed by atoms with Crippen molar-refractivity contribution in [2.45, 2.75) is 6.54 Å². The van der Waals surface area contributed by atoms with Crippen LogP contribution >= 0.6 is 0 Å². The normalized spacial score (nSPS) is 10.7. The second-order valence-electron chi connectivity index (χ2n) is 3.96. The number of nitrogens with zero attached hydrogens (tertiary/aromatic N) is 1. The van der Waals surface area contributed by atoms with Gasteiger partial charge in [0.2, 0.25) is 0 Å². The molecule has 2 rings (SSSR count). The monoisotopic (exact) mass is 241 g/mol. The molecule has 0 aliphatic heterocycles. The number of aromatic nitrogens is 1. The molecule has 2 aromatic rings. The molecule has 0 aliphatic rings. The fourth-order valence-electron chi connectivity index (χ4n) is 1.68. The van der Waals surface area contributed by atoms with E-state index >= 15 is 0 Å². The number of benzene rings is 1. The molecule has 1 heterocycles. The Morgan fingerprint density at radius 1 is 1.28 bits per heavy atom. The summed E-state index contributed by atoms with van der Waals surface area (Å²) >= 11 is 0. The number of rotatable bonds is 4. The van der Waals surface area contributed by atoms with Crippen LogP contribution in [0.1, 0.15) is 11.1 Å². The second kappa shape index (κ2) is 5.87. The van der Waals surface area contributed by atoms with Crippen molar-refractivity contribution in [1.82, 2.24) is 4.57 Å². The van der Waals surface area contributed by atoms with E-state index in [0.29, 0.717) is 0 Å². The summed E-state index contributed by atoms with van der Waals surface area (Å²) in [7, 11) is 1.37. The zero-order chi connectivity index (χ0) is 12.8. The molecule has 0 bridgehead atoms. The minimum Gasteiger partial charge on any atom is -0.466 e. The Bertz CT molecular complexity index is 541. The van der Waals surface area contributed by atoms with Crippen molar-refractivity contribution < 1.29 is 9.53 Å². The summed E-state index contributed by atoms with van der Waals surface area (Å²) in [6.07, 6.45) is 7.14. The van der Waals surface area contributed by atoms with Crippen molar-refractivity contribution in [1.29, 1.82) is 0 Å². The topological polar surface area (TPSA) is 31.2 Å². The Kier molecular flexibility index (Phi) is 3.97. The highest BCUT2D eigenvalue weighted by atomic mass is 16.5. The van der Waals surface area contributed by atoms with Crippen molar-refractivity contribution in [3.63, 3.8) is 0 Å². The number of carbonyl (C=O) groups is 1. The first kappa shape index (κ1) is 12.2. The van der Waals surface area contributed by atoms with Gasteiger partial charge in [0.25, 0.3) is 0 Å². The van der Waals surface area contributed by atoms with Gasteiger partial charge in [-0.3, -0.25) is 0 Å². The molecule has 3 heteroatoms. The summed E-state index contributed by atoms with van der Waals surface area (Å²) < 4.78 is 6.62. The maximum absolute atomic E-state index is 11.0. The molecule has 0 fully saturated rings. The number of ether oxygens (including phenoxy) is 1. The third kappa shape index (κ3) is 3.35. The van der Waals surface area contributed by atoms with Crippen molar-refractivity contribution >= 4 is 12.0 Å². The number of esters is 1. The van der Waals surface area contributed by atoms with Gasteiger partial charge in [0.15, 0.2) is 0 Å². The van der Waals surface area contributed by atoms with Gasteiger partial charge in [-0.05, 0) is 23.3 Å². The lowest BCUT2D eigenvalue weighted by Crippen LogP contribution is -1.95. The lowest BCUT2D eigenvalue weighted by atomic mass is 10.2. The predicted molar refractivity (Wildman–Crippen MR) is 71.0 cm³/mol. The Balaban J connectivity index is 2.02. The SMILES string of the molecule is COC(=O)C=Cc1ccn(Cc2ccccc2)c1. The number of carbonyl (C=O) groups excluding carboxylic acids is 1. The van der Waals surface area contributed by atoms with Crippen LogP contribution in [0.4, 0.5) is 0 Å². The van der Waals surface area contributed by atoms with Gasteiger partial charge in [0, 0.05) is 25.0 Å². The molecule has 0 saturated carbocycles. The first-order valence-corrected chi connectivity index (χ1v) is 5.73. The molecule has 0 radical (unpaired) electrons. The van der Waals surface area contributed by atoms with Crippen molar-refractivity contribution in [2.75, 3.05) is 7.11 Å². The van der Waals surface area contributed by atoms with Gasteiger partial charge in [-0.2, -0.15) is 0 Å². The largest absolute Gasteiger partial charge is 0.466 e. The third-order valence-electron chi connectivity index (χ3n) is 2.59. The molecular formula is C15H15NO2. The van der Waals surface area contributed by atoms with Crippen LogP contribution in [0.5, 0.6) is 0 Å². The Morgan fingerprint density at radius 3 is 2.78 bits per heavy atom. The average Bonchev–Trinajstić information content (AvgIpc) is 2.85. The molecule has 0 aliphatic carbocycles. The van der Waals surface area contributed by atoms with Crippen LogP contribution in [0.2, 0.25) is 0 Å². The zero-order valence-corrected chi connectivity index (χ0v) is 10.2. The fraction of sp³-hybridized carbons (Fsp3) is 0.133. The van der Waals surface area contributed by atoms with Gasteiger partial charge in [-0.1, -0.05) is 30.3 Å². The highest BCUT2D eigenvalue weighted by Gasteiger charge is 1.97. The molecule has 92 valence electrons. The first-order valence-electron chi connectivity index (χ1n) is 5.73. The molecular weight excluding hydrogens is 226 g/mol. The van der Waals surface area contributed by atoms with E-state index in [0.717, 1.165) is 12.1 Å². The standard InChI is InChI=1S/C15H15NO2/c1-18-15(17)8-7-14-9-10-16(12-14)11-13-5-3-2-4-6-13/h2-10,12H,11H2,1H3. The van der Waals surface area contributed by atoms with Crippen LogP contribution in [-0.4, -0.2) is 17.6 Å². The van der Waals surface area contributed by atoms with Gasteiger partial charge in [0.05, 0.1) is 7.11 Å². The minimum absolute atomic E-state index is 0.342. The molecule has 3 nitrogen and oxygen atoms in total. The summed E-state index contributed by atoms with van der Waals surface area (Å²) in [4.78, 5) is 11.0. The smallest absolute Gasteiger partial charge is 0.330 e. The maximum Gasteiger partial charge on any atom is 0.330 e. The molecule has 1 aromatic carbocycles. The minimum atomic E-state index is -0.342. The van der Waals surface area contributed by atoms with Crippen LogP contribution in [0, 0.1) is 0 Å². The predicted octanol–water partition coefficient (Wildman–Crippen LogP) is 2.72. The van der Waals surface area contributed by atoms with Gasteiger partial charge in [-0.25, -0.2) is 4.79 Å². The Morgan fingerprint density at radius 2 is 2.06 bits per heavy atom. The highest BCUT2D eigenvalue weighted by molar-refractivity contribution is 5.86. The van der Waals surface area contributed by atoms with E-state index in [2.05, 4.69) is 21.4 Å². The molecule has 0 N–H and O–H groups in total. The van der Waals surface area contributed by atoms with E-state index in [1.54, 1.807) is 6.08 Å². The van der Waals surface area contributed by atoms with Crippen LogP contribution in [0.25, 0.3) is 6.08 Å². The molecule has 0 unspecified atom stereocenters. The number of hydrogen-bond acceptors (Lipinski definition) is 2. The van der Waals surface area contributed by atoms with Crippen molar-refractivity contribution in [3.05, 3.63) is 66.0 Å². The quantitative estimate of drug-likeness (QED) is 0.608. The summed E-state index contributed by atoms with van der Waals surface area (Å²) in [5.74, 6) is -0.342. The van der Waals surface area contributed by atoms with E-state index in [1.165, 1.54) is 18.7 Å². The van der Waals surface area contributed by atoms with E-state index in [4.69, 9.17) is 0 Å². The van der Waals surface area contributed by atoms with Gasteiger partial charge < -0.3 is 9.30 Å². The summed E-state index contributed by atoms with van der Waals surface area (Å²) in [6, 6.07) is 12.2. The molecule has 0 saturated heterocycles. The summed E-state index contributed by atoms with van der Waals surface area (Å²) in [6.45, 7) is 0.826. The van der Waals surface area contributed by atoms with E-state index in [9.17, 15) is 4.79 Å². The fourth-order valence-corrected chi connectivity index (χ4v) is 1.68. The van der Waals surface area contributed by atoms with Crippen LogP contribution in [0.15, 0.2) is 54.9 Å². The van der Waals surface area contributed by atoms with Crippen LogP contribution < -0.4 is 0 Å². The lowest BCUT2D eigenvalue weighted by Gasteiger charge is -2.01. The van der Waals surface area contributed by atoms with Crippen LogP contribution in [0.3, 0.4) is 0 Å². The molecule has 18 heavy (non-hydrogen) atoms. The highest BCUT2D eigenvalue weighted by Crippen LogP contribution is 2.07. The van der Waals surface area contributed by atoms with Gasteiger partial charge >= 0.3 is 5.97 Å². The van der Waals surface area contributed by atoms with E-state index in [-0.39, 0.29) is 5.97 Å². The number of hydrogen-bond donors (Lipinski definition) is 0. The molecule has 0 atom stereocenters. The van der Waals surface area contributed by atoms with E-state index in [1.807, 2.05) is 36.7 Å². The second-order valence-corrected chi connectivity index (χ2v) is 3.96. The summed E-state index contributed by atoms with van der Waals surface area (Å²) in [5.41, 5.74) is 2.23. The zero-order valence-electron chi connectivity index (χ0n) is 10.2. The summed E-state index contributed by atoms with van der Waals surface area (Å²) in [5, 5.41) is 0. The van der Waals surface area contributed by atoms with Crippen LogP contribution in [-0.2, 0) is 16.1 Å². The molecule has 0 spiro atoms. The average molecular weight is 241 g/mol. The Labute approximate surface area is 106 Å². The van der Waals surface area contributed by atoms with Gasteiger partial charge in [-0.15, -0.1) is 0 Å². The third-order valence-corrected chi connectivity index (χ3v) is 2.59.